The van der Waals surface area contributed by atoms with Crippen molar-refractivity contribution in [2.75, 3.05) is 19.6 Å². The maximum Gasteiger partial charge on any atom is 0.377 e. The molecule has 4 nitrogen and oxygen atoms in total. The Bertz CT molecular complexity index is 273. The highest BCUT2D eigenvalue weighted by molar-refractivity contribution is 5.79. The second-order valence-corrected chi connectivity index (χ2v) is 4.24. The third kappa shape index (κ3) is 2.26. The van der Waals surface area contributed by atoms with Crippen LogP contribution in [0.2, 0.25) is 0 Å². The van der Waals surface area contributed by atoms with Crippen LogP contribution in [0.3, 0.4) is 0 Å². The number of hydrogen-bond donors (Lipinski definition) is 1. The van der Waals surface area contributed by atoms with Crippen LogP contribution in [0, 0.1) is 0 Å². The van der Waals surface area contributed by atoms with E-state index in [1.165, 1.54) is 0 Å². The average Bonchev–Trinajstić information content (AvgIpc) is 2.59. The second-order valence-electron chi connectivity index (χ2n) is 4.24. The third-order valence-electron chi connectivity index (χ3n) is 2.83. The summed E-state index contributed by atoms with van der Waals surface area (Å²) in [7, 11) is 0. The summed E-state index contributed by atoms with van der Waals surface area (Å²) in [5, 5.41) is 0. The molecule has 0 radical (unpaired) electrons. The molecule has 0 amide bonds. The first-order valence-corrected chi connectivity index (χ1v) is 5.04. The SMILES string of the molecule is NC1CCN(CC2CC(F)(F)C(=O)O2)C1. The Morgan fingerprint density at radius 3 is 2.80 bits per heavy atom. The monoisotopic (exact) mass is 220 g/mol. The molecule has 2 aliphatic rings. The highest BCUT2D eigenvalue weighted by Crippen LogP contribution is 2.31. The third-order valence-corrected chi connectivity index (χ3v) is 2.83. The van der Waals surface area contributed by atoms with Crippen molar-refractivity contribution < 1.29 is 18.3 Å². The van der Waals surface area contributed by atoms with Crippen LogP contribution in [-0.2, 0) is 9.53 Å². The molecule has 0 aliphatic carbocycles. The zero-order chi connectivity index (χ0) is 11.1. The summed E-state index contributed by atoms with van der Waals surface area (Å²) in [6.07, 6.45) is -0.313. The van der Waals surface area contributed by atoms with Gasteiger partial charge in [-0.25, -0.2) is 4.79 Å². The van der Waals surface area contributed by atoms with Gasteiger partial charge in [0.25, 0.3) is 0 Å². The van der Waals surface area contributed by atoms with Crippen molar-refractivity contribution in [1.82, 2.24) is 4.90 Å². The van der Waals surface area contributed by atoms with Gasteiger partial charge in [-0.2, -0.15) is 8.78 Å². The van der Waals surface area contributed by atoms with Gasteiger partial charge in [-0.1, -0.05) is 0 Å². The van der Waals surface area contributed by atoms with Crippen LogP contribution in [-0.4, -0.2) is 48.6 Å². The van der Waals surface area contributed by atoms with Crippen molar-refractivity contribution in [2.24, 2.45) is 5.73 Å². The average molecular weight is 220 g/mol. The minimum atomic E-state index is -3.30. The Morgan fingerprint density at radius 1 is 1.60 bits per heavy atom. The Kier molecular flexibility index (Phi) is 2.64. The van der Waals surface area contributed by atoms with Gasteiger partial charge in [0, 0.05) is 19.1 Å². The van der Waals surface area contributed by atoms with E-state index in [0.29, 0.717) is 13.1 Å². The minimum Gasteiger partial charge on any atom is -0.456 e. The normalized spacial score (nSPS) is 35.8. The fourth-order valence-corrected chi connectivity index (χ4v) is 2.07. The first-order valence-electron chi connectivity index (χ1n) is 5.04. The highest BCUT2D eigenvalue weighted by Gasteiger charge is 2.51. The molecule has 15 heavy (non-hydrogen) atoms. The summed E-state index contributed by atoms with van der Waals surface area (Å²) in [5.74, 6) is -4.69. The van der Waals surface area contributed by atoms with Gasteiger partial charge in [-0.05, 0) is 13.0 Å². The Labute approximate surface area is 86.4 Å². The van der Waals surface area contributed by atoms with E-state index in [1.807, 2.05) is 4.90 Å². The zero-order valence-corrected chi connectivity index (χ0v) is 8.29. The summed E-state index contributed by atoms with van der Waals surface area (Å²) in [4.78, 5) is 12.7. The number of carbonyl (C=O) groups excluding carboxylic acids is 1. The summed E-state index contributed by atoms with van der Waals surface area (Å²) in [6, 6.07) is 0.114. The van der Waals surface area contributed by atoms with Gasteiger partial charge >= 0.3 is 11.9 Å². The smallest absolute Gasteiger partial charge is 0.377 e. The molecule has 2 fully saturated rings. The number of rotatable bonds is 2. The molecule has 86 valence electrons. The summed E-state index contributed by atoms with van der Waals surface area (Å²) < 4.78 is 30.2. The van der Waals surface area contributed by atoms with Crippen molar-refractivity contribution in [3.8, 4) is 0 Å². The lowest BCUT2D eigenvalue weighted by Crippen LogP contribution is -2.33. The molecule has 0 spiro atoms. The van der Waals surface area contributed by atoms with E-state index in [0.717, 1.165) is 13.0 Å². The van der Waals surface area contributed by atoms with E-state index in [9.17, 15) is 13.6 Å². The molecule has 2 unspecified atom stereocenters. The lowest BCUT2D eigenvalue weighted by Gasteiger charge is -2.18. The molecule has 2 atom stereocenters. The molecule has 2 N–H and O–H groups in total. The lowest BCUT2D eigenvalue weighted by molar-refractivity contribution is -0.159. The minimum absolute atomic E-state index is 0.114. The van der Waals surface area contributed by atoms with E-state index in [4.69, 9.17) is 5.73 Å². The summed E-state index contributed by atoms with van der Waals surface area (Å²) >= 11 is 0. The quantitative estimate of drug-likeness (QED) is 0.664. The van der Waals surface area contributed by atoms with Gasteiger partial charge in [0.2, 0.25) is 0 Å². The number of ether oxygens (including phenoxy) is 1. The van der Waals surface area contributed by atoms with E-state index < -0.39 is 24.4 Å². The van der Waals surface area contributed by atoms with Crippen molar-refractivity contribution in [2.45, 2.75) is 30.9 Å². The Hall–Kier alpha value is -0.750. The van der Waals surface area contributed by atoms with E-state index in [2.05, 4.69) is 4.74 Å². The van der Waals surface area contributed by atoms with Crippen LogP contribution in [0.5, 0.6) is 0 Å². The number of likely N-dealkylation sites (tertiary alicyclic amines) is 1. The van der Waals surface area contributed by atoms with Gasteiger partial charge in [-0.15, -0.1) is 0 Å². The molecule has 2 aliphatic heterocycles. The topological polar surface area (TPSA) is 55.6 Å². The number of alkyl halides is 2. The van der Waals surface area contributed by atoms with E-state index >= 15 is 0 Å². The Morgan fingerprint density at radius 2 is 2.33 bits per heavy atom. The number of halogens is 2. The predicted octanol–water partition coefficient (Wildman–Crippen LogP) is -0.0298. The first-order chi connectivity index (χ1) is 6.97. The molecule has 2 heterocycles. The second kappa shape index (κ2) is 3.68. The van der Waals surface area contributed by atoms with Crippen molar-refractivity contribution in [1.29, 1.82) is 0 Å². The number of cyclic esters (lactones) is 1. The maximum absolute atomic E-state index is 12.8. The molecule has 0 bridgehead atoms. The van der Waals surface area contributed by atoms with Crippen LogP contribution in [0.15, 0.2) is 0 Å². The van der Waals surface area contributed by atoms with Gasteiger partial charge in [0.15, 0.2) is 0 Å². The van der Waals surface area contributed by atoms with Crippen LogP contribution in [0.4, 0.5) is 8.78 Å². The van der Waals surface area contributed by atoms with Gasteiger partial charge in [-0.3, -0.25) is 4.90 Å². The number of nitrogens with zero attached hydrogens (tertiary/aromatic N) is 1. The van der Waals surface area contributed by atoms with Crippen LogP contribution < -0.4 is 5.73 Å². The predicted molar refractivity (Wildman–Crippen MR) is 48.5 cm³/mol. The van der Waals surface area contributed by atoms with E-state index in [1.54, 1.807) is 0 Å². The van der Waals surface area contributed by atoms with Crippen molar-refractivity contribution in [3.05, 3.63) is 0 Å². The first kappa shape index (κ1) is 10.8. The number of nitrogens with two attached hydrogens (primary N) is 1. The van der Waals surface area contributed by atoms with Crippen molar-refractivity contribution >= 4 is 5.97 Å². The molecule has 0 aromatic heterocycles. The van der Waals surface area contributed by atoms with Crippen molar-refractivity contribution in [3.63, 3.8) is 0 Å². The molecule has 0 aromatic carbocycles. The molecule has 0 saturated carbocycles. The van der Waals surface area contributed by atoms with E-state index in [-0.39, 0.29) is 6.04 Å². The van der Waals surface area contributed by atoms with Gasteiger partial charge in [0.1, 0.15) is 6.10 Å². The van der Waals surface area contributed by atoms with Gasteiger partial charge < -0.3 is 10.5 Å². The highest BCUT2D eigenvalue weighted by atomic mass is 19.3. The number of hydrogen-bond acceptors (Lipinski definition) is 4. The van der Waals surface area contributed by atoms with Crippen LogP contribution in [0.1, 0.15) is 12.8 Å². The van der Waals surface area contributed by atoms with Crippen LogP contribution >= 0.6 is 0 Å². The lowest BCUT2D eigenvalue weighted by atomic mass is 10.2. The number of carbonyl (C=O) groups is 1. The fourth-order valence-electron chi connectivity index (χ4n) is 2.07. The Balaban J connectivity index is 1.85. The molecular formula is C9H14F2N2O2. The zero-order valence-electron chi connectivity index (χ0n) is 8.29. The standard InChI is InChI=1S/C9H14F2N2O2/c10-9(11)3-7(15-8(9)14)5-13-2-1-6(12)4-13/h6-7H,1-5,12H2. The maximum atomic E-state index is 12.8. The molecule has 6 heteroatoms. The van der Waals surface area contributed by atoms with Crippen LogP contribution in [0.25, 0.3) is 0 Å². The molecule has 2 rings (SSSR count). The summed E-state index contributed by atoms with van der Waals surface area (Å²) in [5.41, 5.74) is 5.68. The number of esters is 1. The molecule has 0 aromatic rings. The largest absolute Gasteiger partial charge is 0.456 e. The fraction of sp³-hybridized carbons (Fsp3) is 0.889. The van der Waals surface area contributed by atoms with Gasteiger partial charge in [0.05, 0.1) is 6.42 Å². The molecular weight excluding hydrogens is 206 g/mol. The summed E-state index contributed by atoms with van der Waals surface area (Å²) in [6.45, 7) is 1.86. The molecule has 2 saturated heterocycles.